The minimum atomic E-state index is -0.426. The first-order valence-electron chi connectivity index (χ1n) is 6.71. The van der Waals surface area contributed by atoms with Crippen molar-refractivity contribution in [1.29, 1.82) is 0 Å². The predicted molar refractivity (Wildman–Crippen MR) is 81.0 cm³/mol. The van der Waals surface area contributed by atoms with E-state index in [0.717, 1.165) is 12.0 Å². The zero-order valence-electron chi connectivity index (χ0n) is 11.3. The molecule has 3 nitrogen and oxygen atoms in total. The first kappa shape index (κ1) is 13.9. The molecule has 0 atom stereocenters. The van der Waals surface area contributed by atoms with Crippen molar-refractivity contribution in [2.75, 3.05) is 11.9 Å². The molecule has 1 aliphatic heterocycles. The fourth-order valence-corrected chi connectivity index (χ4v) is 2.67. The van der Waals surface area contributed by atoms with Crippen molar-refractivity contribution in [3.05, 3.63) is 64.4 Å². The van der Waals surface area contributed by atoms with Gasteiger partial charge in [-0.25, -0.2) is 9.18 Å². The number of nitrogens with zero attached hydrogens (tertiary/aromatic N) is 1. The van der Waals surface area contributed by atoms with Crippen LogP contribution in [0.5, 0.6) is 0 Å². The summed E-state index contributed by atoms with van der Waals surface area (Å²) in [5.41, 5.74) is 2.85. The van der Waals surface area contributed by atoms with Crippen LogP contribution < -0.4 is 5.32 Å². The summed E-state index contributed by atoms with van der Waals surface area (Å²) in [6, 6.07) is 11.8. The number of halogens is 2. The van der Waals surface area contributed by atoms with Gasteiger partial charge in [0.1, 0.15) is 5.82 Å². The number of benzene rings is 2. The van der Waals surface area contributed by atoms with Crippen molar-refractivity contribution in [3.8, 4) is 0 Å². The highest BCUT2D eigenvalue weighted by Gasteiger charge is 2.20. The minimum absolute atomic E-state index is 0.195. The average molecular weight is 305 g/mol. The second-order valence-electron chi connectivity index (χ2n) is 4.99. The number of hydrogen-bond acceptors (Lipinski definition) is 1. The predicted octanol–water partition coefficient (Wildman–Crippen LogP) is 4.07. The molecule has 2 aromatic rings. The summed E-state index contributed by atoms with van der Waals surface area (Å²) in [7, 11) is 0. The van der Waals surface area contributed by atoms with Crippen LogP contribution in [0.3, 0.4) is 0 Å². The number of fused-ring (bicyclic) bond motifs is 1. The van der Waals surface area contributed by atoms with E-state index in [1.807, 2.05) is 18.2 Å². The molecule has 3 rings (SSSR count). The smallest absolute Gasteiger partial charge is 0.320 e. The van der Waals surface area contributed by atoms with Crippen molar-refractivity contribution in [2.24, 2.45) is 0 Å². The van der Waals surface area contributed by atoms with Gasteiger partial charge in [-0.3, -0.25) is 0 Å². The minimum Gasteiger partial charge on any atom is -0.320 e. The molecule has 2 aromatic carbocycles. The molecule has 2 amide bonds. The Hall–Kier alpha value is -2.07. The molecule has 0 aliphatic carbocycles. The van der Waals surface area contributed by atoms with Crippen LogP contribution in [-0.4, -0.2) is 17.5 Å². The second kappa shape index (κ2) is 5.74. The Morgan fingerprint density at radius 1 is 1.19 bits per heavy atom. The molecular formula is C16H14ClFN2O. The third-order valence-corrected chi connectivity index (χ3v) is 3.90. The molecule has 1 N–H and O–H groups in total. The summed E-state index contributed by atoms with van der Waals surface area (Å²) in [6.07, 6.45) is 0.834. The Morgan fingerprint density at radius 3 is 2.71 bits per heavy atom. The van der Waals surface area contributed by atoms with Crippen LogP contribution in [0.2, 0.25) is 5.02 Å². The number of nitrogens with one attached hydrogen (secondary N) is 1. The number of hydrogen-bond donors (Lipinski definition) is 1. The standard InChI is InChI=1S/C16H14ClFN2O/c17-14-9-13(18)5-6-15(14)19-16(21)20-8-7-11-3-1-2-4-12(11)10-20/h1-6,9H,7-8,10H2,(H,19,21). The Morgan fingerprint density at radius 2 is 1.95 bits per heavy atom. The third kappa shape index (κ3) is 3.00. The highest BCUT2D eigenvalue weighted by molar-refractivity contribution is 6.33. The van der Waals surface area contributed by atoms with Gasteiger partial charge in [-0.1, -0.05) is 35.9 Å². The van der Waals surface area contributed by atoms with Crippen molar-refractivity contribution >= 4 is 23.3 Å². The largest absolute Gasteiger partial charge is 0.322 e. The molecule has 1 heterocycles. The van der Waals surface area contributed by atoms with Crippen LogP contribution in [-0.2, 0) is 13.0 Å². The first-order chi connectivity index (χ1) is 10.1. The van der Waals surface area contributed by atoms with E-state index in [2.05, 4.69) is 11.4 Å². The Labute approximate surface area is 127 Å². The maximum Gasteiger partial charge on any atom is 0.322 e. The van der Waals surface area contributed by atoms with Gasteiger partial charge in [-0.2, -0.15) is 0 Å². The van der Waals surface area contributed by atoms with E-state index in [9.17, 15) is 9.18 Å². The van der Waals surface area contributed by atoms with E-state index in [1.54, 1.807) is 4.90 Å². The molecule has 5 heteroatoms. The maximum absolute atomic E-state index is 13.0. The molecule has 0 saturated heterocycles. The number of carbonyl (C=O) groups is 1. The van der Waals surface area contributed by atoms with Gasteiger partial charge in [0.05, 0.1) is 10.7 Å². The van der Waals surface area contributed by atoms with Crippen LogP contribution in [0.4, 0.5) is 14.9 Å². The Balaban J connectivity index is 1.72. The summed E-state index contributed by atoms with van der Waals surface area (Å²) in [5.74, 6) is -0.426. The zero-order valence-corrected chi connectivity index (χ0v) is 12.0. The van der Waals surface area contributed by atoms with Gasteiger partial charge < -0.3 is 10.2 Å². The molecule has 21 heavy (non-hydrogen) atoms. The van der Waals surface area contributed by atoms with E-state index in [1.165, 1.54) is 23.8 Å². The normalized spacial score (nSPS) is 13.7. The molecule has 0 radical (unpaired) electrons. The van der Waals surface area contributed by atoms with Gasteiger partial charge in [-0.15, -0.1) is 0 Å². The van der Waals surface area contributed by atoms with E-state index in [-0.39, 0.29) is 11.1 Å². The number of rotatable bonds is 1. The van der Waals surface area contributed by atoms with E-state index < -0.39 is 5.82 Å². The lowest BCUT2D eigenvalue weighted by Gasteiger charge is -2.29. The number of carbonyl (C=O) groups excluding carboxylic acids is 1. The second-order valence-corrected chi connectivity index (χ2v) is 5.40. The highest BCUT2D eigenvalue weighted by atomic mass is 35.5. The lowest BCUT2D eigenvalue weighted by atomic mass is 10.0. The lowest BCUT2D eigenvalue weighted by Crippen LogP contribution is -2.38. The molecule has 0 bridgehead atoms. The topological polar surface area (TPSA) is 32.3 Å². The molecule has 1 aliphatic rings. The van der Waals surface area contributed by atoms with Gasteiger partial charge in [-0.05, 0) is 35.7 Å². The number of amides is 2. The van der Waals surface area contributed by atoms with Crippen molar-refractivity contribution in [1.82, 2.24) is 4.90 Å². The van der Waals surface area contributed by atoms with Gasteiger partial charge in [0, 0.05) is 13.1 Å². The van der Waals surface area contributed by atoms with Crippen LogP contribution in [0, 0.1) is 5.82 Å². The summed E-state index contributed by atoms with van der Waals surface area (Å²) in [5, 5.41) is 2.92. The summed E-state index contributed by atoms with van der Waals surface area (Å²) in [4.78, 5) is 14.0. The monoisotopic (exact) mass is 304 g/mol. The van der Waals surface area contributed by atoms with E-state index in [0.29, 0.717) is 18.8 Å². The van der Waals surface area contributed by atoms with E-state index in [4.69, 9.17) is 11.6 Å². The van der Waals surface area contributed by atoms with Crippen molar-refractivity contribution in [3.63, 3.8) is 0 Å². The maximum atomic E-state index is 13.0. The van der Waals surface area contributed by atoms with Gasteiger partial charge in [0.15, 0.2) is 0 Å². The quantitative estimate of drug-likeness (QED) is 0.846. The summed E-state index contributed by atoms with van der Waals surface area (Å²) in [6.45, 7) is 1.22. The fourth-order valence-electron chi connectivity index (χ4n) is 2.45. The van der Waals surface area contributed by atoms with Gasteiger partial charge in [0.2, 0.25) is 0 Å². The molecular weight excluding hydrogens is 291 g/mol. The van der Waals surface area contributed by atoms with Crippen molar-refractivity contribution < 1.29 is 9.18 Å². The van der Waals surface area contributed by atoms with Crippen LogP contribution in [0.1, 0.15) is 11.1 Å². The van der Waals surface area contributed by atoms with E-state index >= 15 is 0 Å². The number of anilines is 1. The average Bonchev–Trinajstić information content (AvgIpc) is 2.49. The Bertz CT molecular complexity index is 690. The fraction of sp³-hybridized carbons (Fsp3) is 0.188. The van der Waals surface area contributed by atoms with Crippen LogP contribution in [0.15, 0.2) is 42.5 Å². The molecule has 0 fully saturated rings. The van der Waals surface area contributed by atoms with Crippen LogP contribution in [0.25, 0.3) is 0 Å². The molecule has 108 valence electrons. The molecule has 0 aromatic heterocycles. The Kier molecular flexibility index (Phi) is 3.80. The SMILES string of the molecule is O=C(Nc1ccc(F)cc1Cl)N1CCc2ccccc2C1. The number of urea groups is 1. The van der Waals surface area contributed by atoms with Gasteiger partial charge >= 0.3 is 6.03 Å². The lowest BCUT2D eigenvalue weighted by molar-refractivity contribution is 0.206. The molecule has 0 spiro atoms. The first-order valence-corrected chi connectivity index (χ1v) is 7.09. The van der Waals surface area contributed by atoms with Crippen LogP contribution >= 0.6 is 11.6 Å². The highest BCUT2D eigenvalue weighted by Crippen LogP contribution is 2.24. The summed E-state index contributed by atoms with van der Waals surface area (Å²) >= 11 is 5.92. The third-order valence-electron chi connectivity index (χ3n) is 3.59. The summed E-state index contributed by atoms with van der Waals surface area (Å²) < 4.78 is 13.0. The van der Waals surface area contributed by atoms with Gasteiger partial charge in [0.25, 0.3) is 0 Å². The molecule has 0 saturated carbocycles. The van der Waals surface area contributed by atoms with Crippen molar-refractivity contribution in [2.45, 2.75) is 13.0 Å². The zero-order chi connectivity index (χ0) is 14.8. The molecule has 0 unspecified atom stereocenters.